The summed E-state index contributed by atoms with van der Waals surface area (Å²) in [4.78, 5) is -0.344. The molecule has 0 bridgehead atoms. The lowest BCUT2D eigenvalue weighted by Crippen LogP contribution is -2.08. The Bertz CT molecular complexity index is 446. The standard InChI is InChI=1S/C12H11Br2F3O/c13-8-5-7-2-4-18-11(7)9(6-8)10(14)1-3-12(15,16)17/h5-6,10H,1-4H2. The van der Waals surface area contributed by atoms with E-state index in [0.29, 0.717) is 6.61 Å². The second kappa shape index (κ2) is 5.41. The Kier molecular flexibility index (Phi) is 4.26. The average Bonchev–Trinajstić information content (AvgIpc) is 2.71. The van der Waals surface area contributed by atoms with Gasteiger partial charge in [0, 0.05) is 27.7 Å². The zero-order chi connectivity index (χ0) is 13.3. The molecule has 0 amide bonds. The summed E-state index contributed by atoms with van der Waals surface area (Å²) in [5, 5.41) is 0. The molecule has 0 aromatic heterocycles. The summed E-state index contributed by atoms with van der Waals surface area (Å²) in [6.07, 6.45) is -4.11. The summed E-state index contributed by atoms with van der Waals surface area (Å²) in [5.74, 6) is 0.738. The first-order valence-electron chi connectivity index (χ1n) is 5.53. The summed E-state index contributed by atoms with van der Waals surface area (Å²) < 4.78 is 43.1. The summed E-state index contributed by atoms with van der Waals surface area (Å²) in [6.45, 7) is 0.595. The van der Waals surface area contributed by atoms with E-state index in [0.717, 1.165) is 27.8 Å². The Morgan fingerprint density at radius 2 is 2.06 bits per heavy atom. The van der Waals surface area contributed by atoms with Gasteiger partial charge in [0.2, 0.25) is 0 Å². The zero-order valence-corrected chi connectivity index (χ0v) is 12.5. The highest BCUT2D eigenvalue weighted by atomic mass is 79.9. The molecule has 0 saturated heterocycles. The van der Waals surface area contributed by atoms with Crippen molar-refractivity contribution in [2.45, 2.75) is 30.3 Å². The number of ether oxygens (including phenoxy) is 1. The molecule has 0 radical (unpaired) electrons. The quantitative estimate of drug-likeness (QED) is 0.650. The van der Waals surface area contributed by atoms with Crippen molar-refractivity contribution in [1.82, 2.24) is 0 Å². The lowest BCUT2D eigenvalue weighted by atomic mass is 10.0. The predicted octanol–water partition coefficient (Wildman–Crippen LogP) is 5.16. The highest BCUT2D eigenvalue weighted by Gasteiger charge is 2.29. The first kappa shape index (κ1) is 14.2. The fourth-order valence-electron chi connectivity index (χ4n) is 1.98. The highest BCUT2D eigenvalue weighted by Crippen LogP contribution is 2.42. The third-order valence-electron chi connectivity index (χ3n) is 2.80. The minimum atomic E-state index is -4.12. The SMILES string of the molecule is FC(F)(F)CCC(Br)c1cc(Br)cc2c1OCC2. The molecular formula is C12H11Br2F3O. The van der Waals surface area contributed by atoms with Crippen LogP contribution >= 0.6 is 31.9 Å². The van der Waals surface area contributed by atoms with Crippen LogP contribution in [0.15, 0.2) is 16.6 Å². The summed E-state index contributed by atoms with van der Waals surface area (Å²) in [6, 6.07) is 3.77. The van der Waals surface area contributed by atoms with E-state index >= 15 is 0 Å². The second-order valence-electron chi connectivity index (χ2n) is 4.20. The molecule has 1 unspecified atom stereocenters. The minimum absolute atomic E-state index is 0.00968. The van der Waals surface area contributed by atoms with Gasteiger partial charge < -0.3 is 4.74 Å². The van der Waals surface area contributed by atoms with Crippen LogP contribution in [0.5, 0.6) is 5.75 Å². The predicted molar refractivity (Wildman–Crippen MR) is 70.3 cm³/mol. The number of hydrogen-bond donors (Lipinski definition) is 0. The molecule has 1 heterocycles. The van der Waals surface area contributed by atoms with Crippen molar-refractivity contribution in [1.29, 1.82) is 0 Å². The number of benzene rings is 1. The minimum Gasteiger partial charge on any atom is -0.493 e. The van der Waals surface area contributed by atoms with E-state index in [2.05, 4.69) is 31.9 Å². The van der Waals surface area contributed by atoms with Gasteiger partial charge in [-0.15, -0.1) is 0 Å². The monoisotopic (exact) mass is 386 g/mol. The van der Waals surface area contributed by atoms with Crippen molar-refractivity contribution in [3.63, 3.8) is 0 Å². The molecule has 1 nitrogen and oxygen atoms in total. The van der Waals surface area contributed by atoms with Crippen molar-refractivity contribution in [2.75, 3.05) is 6.61 Å². The van der Waals surface area contributed by atoms with Gasteiger partial charge in [-0.25, -0.2) is 0 Å². The number of rotatable bonds is 3. The Morgan fingerprint density at radius 1 is 1.33 bits per heavy atom. The maximum Gasteiger partial charge on any atom is 0.389 e. The zero-order valence-electron chi connectivity index (χ0n) is 9.36. The Morgan fingerprint density at radius 3 is 2.72 bits per heavy atom. The van der Waals surface area contributed by atoms with Crippen LogP contribution in [-0.2, 0) is 6.42 Å². The van der Waals surface area contributed by atoms with Crippen molar-refractivity contribution in [3.05, 3.63) is 27.7 Å². The van der Waals surface area contributed by atoms with Gasteiger partial charge in [0.05, 0.1) is 6.61 Å². The molecule has 0 fully saturated rings. The van der Waals surface area contributed by atoms with Crippen LogP contribution < -0.4 is 4.74 Å². The highest BCUT2D eigenvalue weighted by molar-refractivity contribution is 9.10. The van der Waals surface area contributed by atoms with Crippen molar-refractivity contribution in [2.24, 2.45) is 0 Å². The van der Waals surface area contributed by atoms with Crippen LogP contribution in [0.25, 0.3) is 0 Å². The van der Waals surface area contributed by atoms with Crippen molar-refractivity contribution >= 4 is 31.9 Å². The molecule has 0 aliphatic carbocycles. The van der Waals surface area contributed by atoms with Crippen LogP contribution in [0, 0.1) is 0 Å². The first-order valence-corrected chi connectivity index (χ1v) is 7.23. The fraction of sp³-hybridized carbons (Fsp3) is 0.500. The van der Waals surface area contributed by atoms with Gasteiger partial charge in [0.1, 0.15) is 5.75 Å². The third-order valence-corrected chi connectivity index (χ3v) is 4.20. The largest absolute Gasteiger partial charge is 0.493 e. The maximum atomic E-state index is 12.2. The molecule has 0 spiro atoms. The smallest absolute Gasteiger partial charge is 0.389 e. The Labute approximate surface area is 120 Å². The number of fused-ring (bicyclic) bond motifs is 1. The third kappa shape index (κ3) is 3.41. The summed E-state index contributed by atoms with van der Waals surface area (Å²) in [7, 11) is 0. The molecule has 100 valence electrons. The first-order chi connectivity index (χ1) is 8.37. The number of halogens is 5. The van der Waals surface area contributed by atoms with Crippen molar-refractivity contribution < 1.29 is 17.9 Å². The van der Waals surface area contributed by atoms with Gasteiger partial charge in [-0.3, -0.25) is 0 Å². The van der Waals surface area contributed by atoms with E-state index in [9.17, 15) is 13.2 Å². The van der Waals surface area contributed by atoms with Crippen LogP contribution in [0.2, 0.25) is 0 Å². The number of hydrogen-bond acceptors (Lipinski definition) is 1. The molecule has 1 aliphatic rings. The molecule has 2 rings (SSSR count). The van der Waals surface area contributed by atoms with Gasteiger partial charge >= 0.3 is 6.18 Å². The Hall–Kier alpha value is -0.230. The molecule has 18 heavy (non-hydrogen) atoms. The molecule has 1 aromatic rings. The average molecular weight is 388 g/mol. The number of alkyl halides is 4. The van der Waals surface area contributed by atoms with Crippen LogP contribution in [0.1, 0.15) is 28.8 Å². The van der Waals surface area contributed by atoms with E-state index in [1.807, 2.05) is 12.1 Å². The van der Waals surface area contributed by atoms with Gasteiger partial charge in [-0.1, -0.05) is 31.9 Å². The molecule has 1 atom stereocenters. The van der Waals surface area contributed by atoms with Crippen molar-refractivity contribution in [3.8, 4) is 5.75 Å². The maximum absolute atomic E-state index is 12.2. The van der Waals surface area contributed by atoms with Gasteiger partial charge in [-0.05, 0) is 24.1 Å². The summed E-state index contributed by atoms with van der Waals surface area (Å²) in [5.41, 5.74) is 1.84. The lowest BCUT2D eigenvalue weighted by molar-refractivity contribution is -0.135. The molecular weight excluding hydrogens is 377 g/mol. The van der Waals surface area contributed by atoms with Gasteiger partial charge in [-0.2, -0.15) is 13.2 Å². The Balaban J connectivity index is 2.18. The fourth-order valence-corrected chi connectivity index (χ4v) is 3.07. The van der Waals surface area contributed by atoms with Crippen LogP contribution in [0.4, 0.5) is 13.2 Å². The van der Waals surface area contributed by atoms with Crippen LogP contribution in [-0.4, -0.2) is 12.8 Å². The van der Waals surface area contributed by atoms with E-state index in [-0.39, 0.29) is 11.2 Å². The molecule has 1 aliphatic heterocycles. The molecule has 1 aromatic carbocycles. The summed E-state index contributed by atoms with van der Waals surface area (Å²) >= 11 is 6.70. The van der Waals surface area contributed by atoms with Gasteiger partial charge in [0.15, 0.2) is 0 Å². The van der Waals surface area contributed by atoms with Gasteiger partial charge in [0.25, 0.3) is 0 Å². The van der Waals surface area contributed by atoms with E-state index in [1.54, 1.807) is 0 Å². The molecule has 0 N–H and O–H groups in total. The topological polar surface area (TPSA) is 9.23 Å². The van der Waals surface area contributed by atoms with E-state index < -0.39 is 12.6 Å². The van der Waals surface area contributed by atoms with Crippen LogP contribution in [0.3, 0.4) is 0 Å². The van der Waals surface area contributed by atoms with E-state index in [1.165, 1.54) is 0 Å². The lowest BCUT2D eigenvalue weighted by Gasteiger charge is -2.15. The molecule has 6 heteroatoms. The second-order valence-corrected chi connectivity index (χ2v) is 6.22. The normalized spacial score (nSPS) is 16.3. The van der Waals surface area contributed by atoms with E-state index in [4.69, 9.17) is 4.74 Å². The molecule has 0 saturated carbocycles.